The first-order chi connectivity index (χ1) is 12.7. The maximum Gasteiger partial charge on any atom is 0.191 e. The molecule has 27 heavy (non-hydrogen) atoms. The average molecular weight is 507 g/mol. The van der Waals surface area contributed by atoms with Gasteiger partial charge in [-0.1, -0.05) is 0 Å². The van der Waals surface area contributed by atoms with Gasteiger partial charge in [0.25, 0.3) is 0 Å². The van der Waals surface area contributed by atoms with Crippen LogP contribution in [0.3, 0.4) is 0 Å². The fourth-order valence-corrected chi connectivity index (χ4v) is 4.22. The van der Waals surface area contributed by atoms with Crippen molar-refractivity contribution in [3.63, 3.8) is 0 Å². The van der Waals surface area contributed by atoms with Crippen LogP contribution in [0.1, 0.15) is 43.3 Å². The Morgan fingerprint density at radius 2 is 2.15 bits per heavy atom. The quantitative estimate of drug-likeness (QED) is 0.338. The Morgan fingerprint density at radius 1 is 1.33 bits per heavy atom. The number of halogens is 1. The van der Waals surface area contributed by atoms with Crippen LogP contribution in [0, 0.1) is 12.8 Å². The molecule has 2 saturated heterocycles. The highest BCUT2D eigenvalue weighted by Gasteiger charge is 2.20. The number of piperidine rings is 1. The fourth-order valence-electron chi connectivity index (χ4n) is 3.62. The highest BCUT2D eigenvalue weighted by atomic mass is 127. The molecule has 2 aliphatic rings. The molecule has 0 amide bonds. The zero-order valence-electron chi connectivity index (χ0n) is 16.6. The third-order valence-electron chi connectivity index (χ3n) is 5.13. The van der Waals surface area contributed by atoms with Gasteiger partial charge >= 0.3 is 0 Å². The first-order valence-corrected chi connectivity index (χ1v) is 10.9. The molecule has 0 radical (unpaired) electrons. The number of likely N-dealkylation sites (tertiary alicyclic amines) is 1. The first kappa shape index (κ1) is 22.8. The van der Waals surface area contributed by atoms with Crippen LogP contribution in [-0.2, 0) is 11.3 Å². The second-order valence-corrected chi connectivity index (χ2v) is 8.38. The van der Waals surface area contributed by atoms with Crippen LogP contribution in [0.25, 0.3) is 0 Å². The van der Waals surface area contributed by atoms with Crippen molar-refractivity contribution in [2.24, 2.45) is 10.9 Å². The minimum atomic E-state index is 0. The second kappa shape index (κ2) is 12.2. The molecule has 2 aliphatic heterocycles. The van der Waals surface area contributed by atoms with Crippen LogP contribution in [0.2, 0.25) is 0 Å². The summed E-state index contributed by atoms with van der Waals surface area (Å²) in [6.07, 6.45) is 5.12. The molecule has 6 nitrogen and oxygen atoms in total. The van der Waals surface area contributed by atoms with Crippen molar-refractivity contribution in [1.29, 1.82) is 0 Å². The maximum absolute atomic E-state index is 5.68. The summed E-state index contributed by atoms with van der Waals surface area (Å²) in [5.74, 6) is 1.62. The maximum atomic E-state index is 5.68. The van der Waals surface area contributed by atoms with E-state index in [4.69, 9.17) is 9.73 Å². The summed E-state index contributed by atoms with van der Waals surface area (Å²) in [4.78, 5) is 11.9. The standard InChI is InChI=1S/C19H33N5OS.HI/c1-3-20-19(22-12-18-5-4-10-25-18)21-11-16-6-8-24(9-7-16)13-17-14-26-15(2)23-17;/h14,16,18H,3-13H2,1-2H3,(H2,20,21,22);1H. The first-order valence-electron chi connectivity index (χ1n) is 10.00. The fraction of sp³-hybridized carbons (Fsp3) is 0.789. The van der Waals surface area contributed by atoms with Crippen molar-refractivity contribution in [1.82, 2.24) is 20.5 Å². The van der Waals surface area contributed by atoms with Crippen LogP contribution in [0.5, 0.6) is 0 Å². The molecule has 8 heteroatoms. The topological polar surface area (TPSA) is 61.8 Å². The number of nitrogens with zero attached hydrogens (tertiary/aromatic N) is 3. The van der Waals surface area contributed by atoms with Crippen LogP contribution in [0.4, 0.5) is 0 Å². The minimum Gasteiger partial charge on any atom is -0.376 e. The molecule has 1 atom stereocenters. The van der Waals surface area contributed by atoms with E-state index in [1.807, 2.05) is 0 Å². The molecule has 3 heterocycles. The summed E-state index contributed by atoms with van der Waals surface area (Å²) in [6, 6.07) is 0. The van der Waals surface area contributed by atoms with E-state index < -0.39 is 0 Å². The van der Waals surface area contributed by atoms with Gasteiger partial charge in [0.15, 0.2) is 5.96 Å². The Hall–Kier alpha value is -0.450. The molecule has 1 aromatic heterocycles. The Bertz CT molecular complexity index is 568. The van der Waals surface area contributed by atoms with E-state index in [9.17, 15) is 0 Å². The highest BCUT2D eigenvalue weighted by Crippen LogP contribution is 2.20. The van der Waals surface area contributed by atoms with Gasteiger partial charge in [0.2, 0.25) is 0 Å². The number of nitrogens with one attached hydrogen (secondary N) is 2. The summed E-state index contributed by atoms with van der Waals surface area (Å²) in [5.41, 5.74) is 1.22. The molecular formula is C19H34IN5OS. The van der Waals surface area contributed by atoms with Gasteiger partial charge in [-0.15, -0.1) is 35.3 Å². The Kier molecular flexibility index (Phi) is 10.3. The second-order valence-electron chi connectivity index (χ2n) is 7.31. The van der Waals surface area contributed by atoms with Crippen molar-refractivity contribution < 1.29 is 4.74 Å². The summed E-state index contributed by atoms with van der Waals surface area (Å²) in [6.45, 7) is 11.0. The Morgan fingerprint density at radius 3 is 2.78 bits per heavy atom. The molecule has 3 rings (SSSR count). The van der Waals surface area contributed by atoms with Crippen LogP contribution in [0.15, 0.2) is 10.4 Å². The largest absolute Gasteiger partial charge is 0.376 e. The number of ether oxygens (including phenoxy) is 1. The number of thiazole rings is 1. The number of guanidine groups is 1. The van der Waals surface area contributed by atoms with Crippen molar-refractivity contribution in [2.75, 3.05) is 39.3 Å². The van der Waals surface area contributed by atoms with E-state index in [0.29, 0.717) is 12.0 Å². The van der Waals surface area contributed by atoms with Crippen molar-refractivity contribution >= 4 is 41.3 Å². The molecule has 0 saturated carbocycles. The Labute approximate surface area is 184 Å². The highest BCUT2D eigenvalue weighted by molar-refractivity contribution is 14.0. The van der Waals surface area contributed by atoms with E-state index >= 15 is 0 Å². The predicted octanol–water partition coefficient (Wildman–Crippen LogP) is 3.02. The van der Waals surface area contributed by atoms with Gasteiger partial charge in [-0.25, -0.2) is 4.98 Å². The molecule has 0 aliphatic carbocycles. The third-order valence-corrected chi connectivity index (χ3v) is 5.95. The molecule has 0 spiro atoms. The number of aryl methyl sites for hydroxylation is 1. The van der Waals surface area contributed by atoms with E-state index in [-0.39, 0.29) is 24.0 Å². The number of hydrogen-bond acceptors (Lipinski definition) is 5. The van der Waals surface area contributed by atoms with Gasteiger partial charge < -0.3 is 15.4 Å². The summed E-state index contributed by atoms with van der Waals surface area (Å²) in [7, 11) is 0. The summed E-state index contributed by atoms with van der Waals surface area (Å²) < 4.78 is 5.68. The van der Waals surface area contributed by atoms with Gasteiger partial charge in [-0.2, -0.15) is 0 Å². The smallest absolute Gasteiger partial charge is 0.191 e. The molecule has 154 valence electrons. The lowest BCUT2D eigenvalue weighted by Crippen LogP contribution is -2.41. The van der Waals surface area contributed by atoms with Crippen LogP contribution >= 0.6 is 35.3 Å². The molecule has 0 bridgehead atoms. The van der Waals surface area contributed by atoms with Crippen molar-refractivity contribution in [3.05, 3.63) is 16.1 Å². The molecule has 2 N–H and O–H groups in total. The van der Waals surface area contributed by atoms with Crippen LogP contribution < -0.4 is 10.6 Å². The SMILES string of the molecule is CCNC(=NCC1CCN(Cc2csc(C)n2)CC1)NCC1CCCO1.I. The number of hydrogen-bond donors (Lipinski definition) is 2. The molecule has 2 fully saturated rings. The van der Waals surface area contributed by atoms with Gasteiger partial charge in [0.05, 0.1) is 16.8 Å². The molecule has 1 aromatic rings. The van der Waals surface area contributed by atoms with Gasteiger partial charge in [-0.3, -0.25) is 9.89 Å². The zero-order chi connectivity index (χ0) is 18.2. The predicted molar refractivity (Wildman–Crippen MR) is 123 cm³/mol. The van der Waals surface area contributed by atoms with Crippen molar-refractivity contribution in [3.8, 4) is 0 Å². The number of aliphatic imine (C=N–C) groups is 1. The number of rotatable bonds is 7. The monoisotopic (exact) mass is 507 g/mol. The number of aromatic nitrogens is 1. The summed E-state index contributed by atoms with van der Waals surface area (Å²) >= 11 is 1.74. The van der Waals surface area contributed by atoms with E-state index in [1.54, 1.807) is 11.3 Å². The van der Waals surface area contributed by atoms with Gasteiger partial charge in [-0.05, 0) is 58.5 Å². The Balaban J connectivity index is 0.00000261. The van der Waals surface area contributed by atoms with Gasteiger partial charge in [0.1, 0.15) is 0 Å². The van der Waals surface area contributed by atoms with E-state index in [1.165, 1.54) is 25.0 Å². The normalized spacial score (nSPS) is 21.9. The summed E-state index contributed by atoms with van der Waals surface area (Å²) in [5, 5.41) is 10.1. The van der Waals surface area contributed by atoms with Crippen LogP contribution in [-0.4, -0.2) is 61.3 Å². The lowest BCUT2D eigenvalue weighted by molar-refractivity contribution is 0.113. The molecule has 1 unspecified atom stereocenters. The van der Waals surface area contributed by atoms with E-state index in [0.717, 1.165) is 63.3 Å². The van der Waals surface area contributed by atoms with Gasteiger partial charge in [0, 0.05) is 38.2 Å². The molecule has 0 aromatic carbocycles. The molecular weight excluding hydrogens is 473 g/mol. The lowest BCUT2D eigenvalue weighted by atomic mass is 9.97. The third kappa shape index (κ3) is 7.83. The zero-order valence-corrected chi connectivity index (χ0v) is 19.7. The van der Waals surface area contributed by atoms with Crippen molar-refractivity contribution in [2.45, 2.75) is 52.2 Å². The lowest BCUT2D eigenvalue weighted by Gasteiger charge is -2.30. The minimum absolute atomic E-state index is 0. The average Bonchev–Trinajstić information content (AvgIpc) is 3.30. The van der Waals surface area contributed by atoms with E-state index in [2.05, 4.69) is 39.7 Å².